The van der Waals surface area contributed by atoms with Crippen LogP contribution in [0.4, 0.5) is 10.5 Å². The molecule has 0 spiro atoms. The molecule has 0 radical (unpaired) electrons. The third-order valence-electron chi connectivity index (χ3n) is 2.62. The zero-order valence-corrected chi connectivity index (χ0v) is 10.8. The number of hydrazone groups is 1. The maximum absolute atomic E-state index is 11.7. The van der Waals surface area contributed by atoms with Crippen molar-refractivity contribution in [3.05, 3.63) is 53.5 Å². The standard InChI is InChI=1S/C14H15N3O2/c1-10-5-3-6-11(2)13(10)16-14(18)17-15-9-12-7-4-8-19-12/h3-9H,1-2H3,(H2,16,17,18)/b15-9+. The molecule has 0 saturated carbocycles. The Morgan fingerprint density at radius 3 is 2.58 bits per heavy atom. The number of hydrogen-bond donors (Lipinski definition) is 2. The first-order valence-electron chi connectivity index (χ1n) is 5.86. The van der Waals surface area contributed by atoms with Crippen LogP contribution in [-0.2, 0) is 0 Å². The van der Waals surface area contributed by atoms with Gasteiger partial charge in [-0.05, 0) is 37.1 Å². The van der Waals surface area contributed by atoms with Gasteiger partial charge in [0.1, 0.15) is 5.76 Å². The lowest BCUT2D eigenvalue weighted by molar-refractivity contribution is 0.252. The van der Waals surface area contributed by atoms with Gasteiger partial charge in [0.2, 0.25) is 0 Å². The summed E-state index contributed by atoms with van der Waals surface area (Å²) in [5.41, 5.74) is 5.19. The molecule has 2 rings (SSSR count). The Morgan fingerprint density at radius 1 is 1.21 bits per heavy atom. The van der Waals surface area contributed by atoms with Crippen molar-refractivity contribution in [2.45, 2.75) is 13.8 Å². The fraction of sp³-hybridized carbons (Fsp3) is 0.143. The summed E-state index contributed by atoms with van der Waals surface area (Å²) in [4.78, 5) is 11.7. The molecule has 0 aliphatic carbocycles. The topological polar surface area (TPSA) is 66.6 Å². The molecule has 2 N–H and O–H groups in total. The molecule has 0 fully saturated rings. The van der Waals surface area contributed by atoms with Gasteiger partial charge < -0.3 is 9.73 Å². The molecule has 1 aromatic carbocycles. The molecular weight excluding hydrogens is 242 g/mol. The van der Waals surface area contributed by atoms with Crippen LogP contribution in [0.15, 0.2) is 46.1 Å². The molecule has 0 aliphatic rings. The fourth-order valence-corrected chi connectivity index (χ4v) is 1.67. The molecule has 1 heterocycles. The molecule has 0 atom stereocenters. The van der Waals surface area contributed by atoms with E-state index in [0.29, 0.717) is 5.76 Å². The summed E-state index contributed by atoms with van der Waals surface area (Å²) in [5, 5.41) is 6.55. The normalized spacial score (nSPS) is 10.6. The predicted octanol–water partition coefficient (Wildman–Crippen LogP) is 3.05. The lowest BCUT2D eigenvalue weighted by Crippen LogP contribution is -2.25. The predicted molar refractivity (Wildman–Crippen MR) is 74.4 cm³/mol. The van der Waals surface area contributed by atoms with Crippen molar-refractivity contribution in [2.75, 3.05) is 5.32 Å². The second-order valence-corrected chi connectivity index (χ2v) is 4.11. The second-order valence-electron chi connectivity index (χ2n) is 4.11. The van der Waals surface area contributed by atoms with Gasteiger partial charge in [0.25, 0.3) is 0 Å². The van der Waals surface area contributed by atoms with Gasteiger partial charge in [-0.25, -0.2) is 10.2 Å². The number of amides is 2. The highest BCUT2D eigenvalue weighted by atomic mass is 16.3. The first-order valence-corrected chi connectivity index (χ1v) is 5.86. The van der Waals surface area contributed by atoms with Crippen molar-refractivity contribution in [3.8, 4) is 0 Å². The third kappa shape index (κ3) is 3.45. The Labute approximate surface area is 111 Å². The lowest BCUT2D eigenvalue weighted by atomic mass is 10.1. The Balaban J connectivity index is 1.95. The monoisotopic (exact) mass is 257 g/mol. The lowest BCUT2D eigenvalue weighted by Gasteiger charge is -2.10. The van der Waals surface area contributed by atoms with E-state index in [1.54, 1.807) is 12.1 Å². The fourth-order valence-electron chi connectivity index (χ4n) is 1.67. The number of nitrogens with zero attached hydrogens (tertiary/aromatic N) is 1. The van der Waals surface area contributed by atoms with Crippen molar-refractivity contribution in [2.24, 2.45) is 5.10 Å². The molecule has 2 amide bonds. The van der Waals surface area contributed by atoms with E-state index in [4.69, 9.17) is 4.42 Å². The highest BCUT2D eigenvalue weighted by Crippen LogP contribution is 2.18. The van der Waals surface area contributed by atoms with Crippen molar-refractivity contribution in [3.63, 3.8) is 0 Å². The van der Waals surface area contributed by atoms with Gasteiger partial charge in [-0.3, -0.25) is 0 Å². The van der Waals surface area contributed by atoms with Crippen LogP contribution in [0.5, 0.6) is 0 Å². The molecule has 19 heavy (non-hydrogen) atoms. The largest absolute Gasteiger partial charge is 0.463 e. The van der Waals surface area contributed by atoms with Gasteiger partial charge >= 0.3 is 6.03 Å². The van der Waals surface area contributed by atoms with Crippen LogP contribution in [0.1, 0.15) is 16.9 Å². The number of hydrogen-bond acceptors (Lipinski definition) is 3. The first-order chi connectivity index (χ1) is 9.16. The summed E-state index contributed by atoms with van der Waals surface area (Å²) in [6, 6.07) is 8.93. The minimum absolute atomic E-state index is 0.389. The number of anilines is 1. The van der Waals surface area contributed by atoms with Crippen LogP contribution in [0.2, 0.25) is 0 Å². The number of carbonyl (C=O) groups excluding carboxylic acids is 1. The first kappa shape index (κ1) is 12.9. The van der Waals surface area contributed by atoms with E-state index in [1.165, 1.54) is 12.5 Å². The molecule has 98 valence electrons. The van der Waals surface area contributed by atoms with Gasteiger partial charge in [0, 0.05) is 5.69 Å². The number of benzene rings is 1. The Hall–Kier alpha value is -2.56. The van der Waals surface area contributed by atoms with E-state index >= 15 is 0 Å². The van der Waals surface area contributed by atoms with Gasteiger partial charge in [0.05, 0.1) is 12.5 Å². The highest BCUT2D eigenvalue weighted by molar-refractivity contribution is 5.91. The summed E-state index contributed by atoms with van der Waals surface area (Å²) in [6.45, 7) is 3.88. The Bertz CT molecular complexity index is 568. The molecule has 0 saturated heterocycles. The Kier molecular flexibility index (Phi) is 3.97. The number of urea groups is 1. The van der Waals surface area contributed by atoms with Gasteiger partial charge in [-0.15, -0.1) is 0 Å². The minimum Gasteiger partial charge on any atom is -0.463 e. The van der Waals surface area contributed by atoms with Crippen molar-refractivity contribution in [1.82, 2.24) is 5.43 Å². The highest BCUT2D eigenvalue weighted by Gasteiger charge is 2.05. The Morgan fingerprint density at radius 2 is 1.95 bits per heavy atom. The molecular formula is C14H15N3O2. The molecule has 2 aromatic rings. The number of para-hydroxylation sites is 1. The van der Waals surface area contributed by atoms with Crippen LogP contribution in [0.3, 0.4) is 0 Å². The summed E-state index contributed by atoms with van der Waals surface area (Å²) < 4.78 is 5.05. The van der Waals surface area contributed by atoms with E-state index in [1.807, 2.05) is 32.0 Å². The second kappa shape index (κ2) is 5.86. The molecule has 0 aliphatic heterocycles. The van der Waals surface area contributed by atoms with Crippen LogP contribution in [0, 0.1) is 13.8 Å². The van der Waals surface area contributed by atoms with Crippen molar-refractivity contribution >= 4 is 17.9 Å². The van der Waals surface area contributed by atoms with Crippen LogP contribution in [-0.4, -0.2) is 12.2 Å². The summed E-state index contributed by atoms with van der Waals surface area (Å²) in [6.07, 6.45) is 2.97. The van der Waals surface area contributed by atoms with E-state index in [0.717, 1.165) is 16.8 Å². The molecule has 0 unspecified atom stereocenters. The summed E-state index contributed by atoms with van der Waals surface area (Å²) in [5.74, 6) is 0.576. The van der Waals surface area contributed by atoms with E-state index in [2.05, 4.69) is 15.8 Å². The molecule has 5 heteroatoms. The van der Waals surface area contributed by atoms with Crippen LogP contribution in [0.25, 0.3) is 0 Å². The SMILES string of the molecule is Cc1cccc(C)c1NC(=O)N/N=C/c1ccco1. The molecule has 5 nitrogen and oxygen atoms in total. The molecule has 1 aromatic heterocycles. The zero-order chi connectivity index (χ0) is 13.7. The molecule has 0 bridgehead atoms. The number of nitrogens with one attached hydrogen (secondary N) is 2. The number of carbonyl (C=O) groups is 1. The summed E-state index contributed by atoms with van der Waals surface area (Å²) in [7, 11) is 0. The smallest absolute Gasteiger partial charge is 0.339 e. The number of furan rings is 1. The third-order valence-corrected chi connectivity index (χ3v) is 2.62. The van der Waals surface area contributed by atoms with Gasteiger partial charge in [-0.2, -0.15) is 5.10 Å². The average Bonchev–Trinajstić information content (AvgIpc) is 2.87. The van der Waals surface area contributed by atoms with E-state index in [9.17, 15) is 4.79 Å². The van der Waals surface area contributed by atoms with Gasteiger partial charge in [-0.1, -0.05) is 18.2 Å². The van der Waals surface area contributed by atoms with Crippen molar-refractivity contribution < 1.29 is 9.21 Å². The number of rotatable bonds is 3. The van der Waals surface area contributed by atoms with Crippen molar-refractivity contribution in [1.29, 1.82) is 0 Å². The van der Waals surface area contributed by atoms with Gasteiger partial charge in [0.15, 0.2) is 0 Å². The van der Waals surface area contributed by atoms with Crippen LogP contribution >= 0.6 is 0 Å². The zero-order valence-electron chi connectivity index (χ0n) is 10.8. The van der Waals surface area contributed by atoms with E-state index < -0.39 is 0 Å². The quantitative estimate of drug-likeness (QED) is 0.655. The van der Waals surface area contributed by atoms with Crippen LogP contribution < -0.4 is 10.7 Å². The number of aryl methyl sites for hydroxylation is 2. The minimum atomic E-state index is -0.389. The summed E-state index contributed by atoms with van der Waals surface area (Å²) >= 11 is 0. The maximum atomic E-state index is 11.7. The van der Waals surface area contributed by atoms with E-state index in [-0.39, 0.29) is 6.03 Å². The average molecular weight is 257 g/mol. The maximum Gasteiger partial charge on any atom is 0.339 e.